The molecule has 0 spiro atoms. The van der Waals surface area contributed by atoms with Crippen LogP contribution in [-0.4, -0.2) is 23.0 Å². The van der Waals surface area contributed by atoms with Gasteiger partial charge in [-0.1, -0.05) is 61.4 Å². The number of carbonyl (C=O) groups is 2. The maximum atomic E-state index is 15.1. The molecule has 0 radical (unpaired) electrons. The first-order chi connectivity index (χ1) is 22.6. The van der Waals surface area contributed by atoms with Crippen molar-refractivity contribution in [1.82, 2.24) is 0 Å². The summed E-state index contributed by atoms with van der Waals surface area (Å²) in [6.07, 6.45) is 0.0878. The molecule has 0 aromatic heterocycles. The summed E-state index contributed by atoms with van der Waals surface area (Å²) in [5.41, 5.74) is 1.57. The minimum atomic E-state index is -4.72. The van der Waals surface area contributed by atoms with Crippen molar-refractivity contribution >= 4 is 28.9 Å². The monoisotopic (exact) mass is 645 g/mol. The van der Waals surface area contributed by atoms with Crippen molar-refractivity contribution < 1.29 is 32.3 Å². The Bertz CT molecular complexity index is 1750. The van der Waals surface area contributed by atoms with E-state index in [0.717, 1.165) is 41.8 Å². The van der Waals surface area contributed by atoms with Gasteiger partial charge in [0.05, 0.1) is 23.8 Å². The van der Waals surface area contributed by atoms with Crippen LogP contribution in [0.3, 0.4) is 0 Å². The summed E-state index contributed by atoms with van der Waals surface area (Å²) in [5.74, 6) is -2.28. The lowest BCUT2D eigenvalue weighted by molar-refractivity contribution is -0.138. The first-order valence-corrected chi connectivity index (χ1v) is 15.8. The van der Waals surface area contributed by atoms with Gasteiger partial charge in [-0.15, -0.1) is 0 Å². The van der Waals surface area contributed by atoms with Crippen LogP contribution in [0.1, 0.15) is 70.8 Å². The number of aliphatic hydroxyl groups is 1. The maximum absolute atomic E-state index is 15.1. The number of alkyl halides is 3. The summed E-state index contributed by atoms with van der Waals surface area (Å²) in [5, 5.41) is 15.5. The fourth-order valence-corrected chi connectivity index (χ4v) is 6.87. The van der Waals surface area contributed by atoms with E-state index in [4.69, 9.17) is 0 Å². The zero-order valence-electron chi connectivity index (χ0n) is 25.6. The van der Waals surface area contributed by atoms with Gasteiger partial charge < -0.3 is 20.6 Å². The zero-order valence-corrected chi connectivity index (χ0v) is 25.6. The molecule has 244 valence electrons. The van der Waals surface area contributed by atoms with Gasteiger partial charge in [0.25, 0.3) is 5.91 Å². The van der Waals surface area contributed by atoms with Crippen LogP contribution >= 0.6 is 0 Å². The topological polar surface area (TPSA) is 81.7 Å². The van der Waals surface area contributed by atoms with Gasteiger partial charge >= 0.3 is 6.18 Å². The molecule has 6 rings (SSSR count). The van der Waals surface area contributed by atoms with Crippen molar-refractivity contribution in [1.29, 1.82) is 0 Å². The lowest BCUT2D eigenvalue weighted by Crippen LogP contribution is -2.44. The van der Waals surface area contributed by atoms with Crippen molar-refractivity contribution in [2.75, 3.05) is 15.5 Å². The second-order valence-corrected chi connectivity index (χ2v) is 12.2. The van der Waals surface area contributed by atoms with Crippen LogP contribution in [0.2, 0.25) is 0 Å². The normalized spacial score (nSPS) is 18.1. The smallest absolute Gasteiger partial charge is 0.392 e. The molecule has 0 saturated heterocycles. The number of hydrogen-bond acceptors (Lipinski definition) is 4. The molecule has 1 aliphatic heterocycles. The molecule has 3 N–H and O–H groups in total. The molecule has 1 heterocycles. The SMILES string of the molecule is O=C(C[C@H]1Cc2ccccc2N(C(=O)c2ccccc2F)[C@H]1c1ccc(NC2CCCC2)cc1)Nc1ccc(CO)c(C(F)(F)F)c1. The third kappa shape index (κ3) is 7.02. The molecule has 0 bridgehead atoms. The van der Waals surface area contributed by atoms with E-state index < -0.39 is 47.9 Å². The van der Waals surface area contributed by atoms with Gasteiger partial charge in [-0.05, 0) is 84.3 Å². The number of aliphatic hydroxyl groups excluding tert-OH is 1. The highest BCUT2D eigenvalue weighted by molar-refractivity contribution is 6.07. The van der Waals surface area contributed by atoms with Gasteiger partial charge in [0.1, 0.15) is 5.82 Å². The van der Waals surface area contributed by atoms with Crippen LogP contribution in [0.5, 0.6) is 0 Å². The number of nitrogens with zero attached hydrogens (tertiary/aromatic N) is 1. The van der Waals surface area contributed by atoms with E-state index >= 15 is 4.39 Å². The Hall–Kier alpha value is -4.70. The Balaban J connectivity index is 1.36. The van der Waals surface area contributed by atoms with Gasteiger partial charge in [0, 0.05) is 29.5 Å². The van der Waals surface area contributed by atoms with Crippen LogP contribution < -0.4 is 15.5 Å². The zero-order chi connectivity index (χ0) is 33.1. The summed E-state index contributed by atoms with van der Waals surface area (Å²) in [6.45, 7) is -0.799. The Morgan fingerprint density at radius 3 is 2.26 bits per heavy atom. The number of halogens is 4. The second kappa shape index (κ2) is 13.6. The predicted octanol–water partition coefficient (Wildman–Crippen LogP) is 8.28. The Labute approximate surface area is 270 Å². The van der Waals surface area contributed by atoms with Gasteiger partial charge in [-0.3, -0.25) is 9.59 Å². The standard InChI is InChI=1S/C37H35F4N3O3/c38-32-11-5-4-10-30(32)36(47)44-33-12-6-1-7-24(33)19-26(35(44)23-13-16-28(17-14-23)42-27-8-2-3-9-27)20-34(46)43-29-18-15-25(22-45)31(21-29)37(39,40)41/h1,4-7,10-18,21,26-27,35,42,45H,2-3,8-9,19-20,22H2,(H,43,46)/t26-,35+/m1/s1. The number of carbonyl (C=O) groups excluding carboxylic acids is 2. The molecule has 2 amide bonds. The molecule has 10 heteroatoms. The molecule has 0 unspecified atom stereocenters. The number of benzene rings is 4. The molecule has 2 aliphatic rings. The average molecular weight is 646 g/mol. The number of amides is 2. The highest BCUT2D eigenvalue weighted by Crippen LogP contribution is 2.45. The molecule has 47 heavy (non-hydrogen) atoms. The first kappa shape index (κ1) is 32.2. The number of nitrogens with one attached hydrogen (secondary N) is 2. The quantitative estimate of drug-likeness (QED) is 0.169. The highest BCUT2D eigenvalue weighted by atomic mass is 19.4. The van der Waals surface area contributed by atoms with E-state index in [-0.39, 0.29) is 23.2 Å². The van der Waals surface area contributed by atoms with Crippen LogP contribution in [-0.2, 0) is 24.0 Å². The second-order valence-electron chi connectivity index (χ2n) is 12.2. The molecule has 6 nitrogen and oxygen atoms in total. The Kier molecular flexibility index (Phi) is 9.31. The number of para-hydroxylation sites is 1. The molecule has 4 aromatic rings. The van der Waals surface area contributed by atoms with E-state index in [0.29, 0.717) is 18.2 Å². The molecule has 2 atom stereocenters. The van der Waals surface area contributed by atoms with Gasteiger partial charge in [0.2, 0.25) is 5.91 Å². The molecular formula is C37H35F4N3O3. The minimum absolute atomic E-state index is 0.0612. The van der Waals surface area contributed by atoms with Crippen molar-refractivity contribution in [3.63, 3.8) is 0 Å². The minimum Gasteiger partial charge on any atom is -0.392 e. The summed E-state index contributed by atoms with van der Waals surface area (Å²) >= 11 is 0. The number of rotatable bonds is 8. The van der Waals surface area contributed by atoms with E-state index in [9.17, 15) is 27.9 Å². The maximum Gasteiger partial charge on any atom is 0.416 e. The van der Waals surface area contributed by atoms with Crippen molar-refractivity contribution in [2.45, 2.75) is 63.4 Å². The molecule has 4 aromatic carbocycles. The summed E-state index contributed by atoms with van der Waals surface area (Å²) in [7, 11) is 0. The number of fused-ring (bicyclic) bond motifs is 1. The lowest BCUT2D eigenvalue weighted by Gasteiger charge is -2.43. The van der Waals surface area contributed by atoms with Crippen molar-refractivity contribution in [2.24, 2.45) is 5.92 Å². The van der Waals surface area contributed by atoms with Crippen LogP contribution in [0.15, 0.2) is 91.0 Å². The van der Waals surface area contributed by atoms with Crippen LogP contribution in [0.4, 0.5) is 34.6 Å². The summed E-state index contributed by atoms with van der Waals surface area (Å²) in [4.78, 5) is 29.3. The average Bonchev–Trinajstić information content (AvgIpc) is 3.57. The third-order valence-corrected chi connectivity index (χ3v) is 9.08. The largest absolute Gasteiger partial charge is 0.416 e. The highest BCUT2D eigenvalue weighted by Gasteiger charge is 2.41. The van der Waals surface area contributed by atoms with E-state index in [1.54, 1.807) is 23.1 Å². The van der Waals surface area contributed by atoms with Gasteiger partial charge in [0.15, 0.2) is 0 Å². The first-order valence-electron chi connectivity index (χ1n) is 15.8. The third-order valence-electron chi connectivity index (χ3n) is 9.08. The lowest BCUT2D eigenvalue weighted by atomic mass is 9.79. The van der Waals surface area contributed by atoms with Gasteiger partial charge in [-0.25, -0.2) is 4.39 Å². The fraction of sp³-hybridized carbons (Fsp3) is 0.297. The number of anilines is 3. The Morgan fingerprint density at radius 1 is 0.872 bits per heavy atom. The molecule has 1 fully saturated rings. The Morgan fingerprint density at radius 2 is 1.55 bits per heavy atom. The fourth-order valence-electron chi connectivity index (χ4n) is 6.87. The summed E-state index contributed by atoms with van der Waals surface area (Å²) < 4.78 is 56.0. The van der Waals surface area contributed by atoms with Gasteiger partial charge in [-0.2, -0.15) is 13.2 Å². The van der Waals surface area contributed by atoms with Crippen molar-refractivity contribution in [3.05, 3.63) is 125 Å². The molecular weight excluding hydrogens is 610 g/mol. The molecule has 1 saturated carbocycles. The predicted molar refractivity (Wildman–Crippen MR) is 173 cm³/mol. The van der Waals surface area contributed by atoms with E-state index in [1.165, 1.54) is 37.1 Å². The number of hydrogen-bond donors (Lipinski definition) is 3. The molecule has 1 aliphatic carbocycles. The van der Waals surface area contributed by atoms with Crippen LogP contribution in [0.25, 0.3) is 0 Å². The van der Waals surface area contributed by atoms with E-state index in [2.05, 4.69) is 10.6 Å². The van der Waals surface area contributed by atoms with E-state index in [1.807, 2.05) is 36.4 Å². The van der Waals surface area contributed by atoms with Crippen molar-refractivity contribution in [3.8, 4) is 0 Å². The van der Waals surface area contributed by atoms with Crippen LogP contribution in [0, 0.1) is 11.7 Å². The summed E-state index contributed by atoms with van der Waals surface area (Å²) in [6, 6.07) is 23.7.